The number of methoxy groups -OCH3 is 2. The number of morpholine rings is 1. The lowest BCUT2D eigenvalue weighted by atomic mass is 9.99. The average molecular weight is 641 g/mol. The summed E-state index contributed by atoms with van der Waals surface area (Å²) in [5.74, 6) is -0.820. The maximum absolute atomic E-state index is 14.1. The zero-order chi connectivity index (χ0) is 28.9. The Morgan fingerprint density at radius 2 is 1.71 bits per heavy atom. The number of halogens is 6. The second-order valence-corrected chi connectivity index (χ2v) is 10.5. The van der Waals surface area contributed by atoms with Gasteiger partial charge in [0.2, 0.25) is 0 Å². The summed E-state index contributed by atoms with van der Waals surface area (Å²) in [7, 11) is 3.04. The molecular weight excluding hydrogens is 601 g/mol. The van der Waals surface area contributed by atoms with Crippen molar-refractivity contribution in [3.8, 4) is 5.75 Å². The molecule has 7 nitrogen and oxygen atoms in total. The van der Waals surface area contributed by atoms with E-state index in [1.165, 1.54) is 19.2 Å². The van der Waals surface area contributed by atoms with Gasteiger partial charge in [0.15, 0.2) is 11.6 Å². The number of alkyl halides is 3. The standard InChI is InChI=1S/C29H37F4N3O4.2ClH/c1-20-12-22(16-23(13-20)29(31,32)33)28(37)36-9-8-34(6-7-35-10-11-40-25(18-35)19-38-2)17-24(36)14-21-4-5-26(30)27(15-21)39-3;;/h4-5,12-13,15-16,24-25H,6-11,14,17-19H2,1-3H3;2*1H. The van der Waals surface area contributed by atoms with E-state index in [1.54, 1.807) is 31.1 Å². The van der Waals surface area contributed by atoms with Crippen molar-refractivity contribution in [1.82, 2.24) is 14.7 Å². The molecule has 2 aliphatic rings. The highest BCUT2D eigenvalue weighted by atomic mass is 35.5. The van der Waals surface area contributed by atoms with E-state index in [2.05, 4.69) is 9.80 Å². The number of nitrogens with zero attached hydrogens (tertiary/aromatic N) is 3. The van der Waals surface area contributed by atoms with Crippen LogP contribution >= 0.6 is 24.8 Å². The molecule has 2 aromatic rings. The van der Waals surface area contributed by atoms with E-state index in [9.17, 15) is 22.4 Å². The van der Waals surface area contributed by atoms with E-state index in [4.69, 9.17) is 14.2 Å². The van der Waals surface area contributed by atoms with Gasteiger partial charge in [0.05, 0.1) is 32.0 Å². The average Bonchev–Trinajstić information content (AvgIpc) is 2.92. The third-order valence-electron chi connectivity index (χ3n) is 7.47. The third kappa shape index (κ3) is 9.42. The Morgan fingerprint density at radius 3 is 2.38 bits per heavy atom. The molecule has 2 unspecified atom stereocenters. The van der Waals surface area contributed by atoms with Crippen molar-refractivity contribution >= 4 is 30.7 Å². The highest BCUT2D eigenvalue weighted by molar-refractivity contribution is 5.95. The predicted molar refractivity (Wildman–Crippen MR) is 157 cm³/mol. The van der Waals surface area contributed by atoms with Crippen molar-refractivity contribution in [3.63, 3.8) is 0 Å². The SMILES string of the molecule is COCC1CN(CCN2CCN(C(=O)c3cc(C)cc(C(F)(F)F)c3)C(Cc3ccc(F)c(OC)c3)C2)CCO1.Cl.Cl. The molecule has 0 spiro atoms. The Kier molecular flexibility index (Phi) is 13.8. The van der Waals surface area contributed by atoms with Gasteiger partial charge in [-0.1, -0.05) is 6.07 Å². The topological polar surface area (TPSA) is 54.5 Å². The highest BCUT2D eigenvalue weighted by Crippen LogP contribution is 2.31. The lowest BCUT2D eigenvalue weighted by Crippen LogP contribution is -2.57. The van der Waals surface area contributed by atoms with Gasteiger partial charge in [0.25, 0.3) is 5.91 Å². The molecule has 0 radical (unpaired) electrons. The molecule has 2 fully saturated rings. The second-order valence-electron chi connectivity index (χ2n) is 10.5. The summed E-state index contributed by atoms with van der Waals surface area (Å²) >= 11 is 0. The molecule has 2 aliphatic heterocycles. The van der Waals surface area contributed by atoms with Crippen LogP contribution in [-0.2, 0) is 22.1 Å². The number of carbonyl (C=O) groups is 1. The number of piperazine rings is 1. The predicted octanol–water partition coefficient (Wildman–Crippen LogP) is 4.72. The van der Waals surface area contributed by atoms with E-state index >= 15 is 0 Å². The molecule has 2 heterocycles. The van der Waals surface area contributed by atoms with Crippen LogP contribution in [0, 0.1) is 12.7 Å². The van der Waals surface area contributed by atoms with Gasteiger partial charge in [0, 0.05) is 64.5 Å². The van der Waals surface area contributed by atoms with E-state index < -0.39 is 23.5 Å². The number of hydrogen-bond donors (Lipinski definition) is 0. The van der Waals surface area contributed by atoms with Crippen molar-refractivity contribution in [1.29, 1.82) is 0 Å². The quantitative estimate of drug-likeness (QED) is 0.370. The number of amides is 1. The Bertz CT molecular complexity index is 1170. The molecule has 0 N–H and O–H groups in total. The zero-order valence-electron chi connectivity index (χ0n) is 24.0. The van der Waals surface area contributed by atoms with Crippen LogP contribution in [0.1, 0.15) is 27.0 Å². The first-order valence-electron chi connectivity index (χ1n) is 13.4. The highest BCUT2D eigenvalue weighted by Gasteiger charge is 2.35. The maximum Gasteiger partial charge on any atom is 0.416 e. The van der Waals surface area contributed by atoms with Crippen LogP contribution in [0.15, 0.2) is 36.4 Å². The van der Waals surface area contributed by atoms with E-state index in [1.807, 2.05) is 0 Å². The van der Waals surface area contributed by atoms with Crippen LogP contribution in [0.25, 0.3) is 0 Å². The van der Waals surface area contributed by atoms with Crippen LogP contribution in [0.4, 0.5) is 17.6 Å². The van der Waals surface area contributed by atoms with Crippen molar-refractivity contribution in [3.05, 3.63) is 64.5 Å². The Balaban J connectivity index is 0.00000308. The van der Waals surface area contributed by atoms with Crippen molar-refractivity contribution in [2.24, 2.45) is 0 Å². The van der Waals surface area contributed by atoms with Gasteiger partial charge in [-0.15, -0.1) is 24.8 Å². The van der Waals surface area contributed by atoms with Crippen molar-refractivity contribution < 1.29 is 36.6 Å². The summed E-state index contributed by atoms with van der Waals surface area (Å²) in [6.07, 6.45) is -4.11. The molecule has 2 aromatic carbocycles. The second kappa shape index (κ2) is 16.1. The molecule has 2 atom stereocenters. The molecule has 236 valence electrons. The Hall–Kier alpha value is -2.15. The molecule has 0 bridgehead atoms. The molecule has 13 heteroatoms. The number of rotatable bonds is 9. The molecule has 2 saturated heterocycles. The number of hydrogen-bond acceptors (Lipinski definition) is 6. The van der Waals surface area contributed by atoms with Crippen molar-refractivity contribution in [2.75, 3.05) is 73.2 Å². The van der Waals surface area contributed by atoms with Crippen LogP contribution in [0.5, 0.6) is 5.75 Å². The van der Waals surface area contributed by atoms with E-state index in [0.29, 0.717) is 44.8 Å². The normalized spacial score (nSPS) is 20.0. The summed E-state index contributed by atoms with van der Waals surface area (Å²) in [6, 6.07) is 7.72. The summed E-state index contributed by atoms with van der Waals surface area (Å²) in [5, 5.41) is 0. The number of benzene rings is 2. The first-order valence-corrected chi connectivity index (χ1v) is 13.4. The van der Waals surface area contributed by atoms with Gasteiger partial charge in [0.1, 0.15) is 0 Å². The van der Waals surface area contributed by atoms with Crippen LogP contribution in [-0.4, -0.2) is 106 Å². The fourth-order valence-electron chi connectivity index (χ4n) is 5.46. The lowest BCUT2D eigenvalue weighted by Gasteiger charge is -2.43. The van der Waals surface area contributed by atoms with Gasteiger partial charge in [-0.2, -0.15) is 13.2 Å². The number of carbonyl (C=O) groups excluding carboxylic acids is 1. The number of aryl methyl sites for hydroxylation is 1. The zero-order valence-corrected chi connectivity index (χ0v) is 25.6. The molecule has 0 aliphatic carbocycles. The van der Waals surface area contributed by atoms with Crippen LogP contribution < -0.4 is 4.74 Å². The van der Waals surface area contributed by atoms with Gasteiger partial charge in [-0.05, 0) is 54.8 Å². The number of ether oxygens (including phenoxy) is 3. The third-order valence-corrected chi connectivity index (χ3v) is 7.47. The van der Waals surface area contributed by atoms with Gasteiger partial charge in [-0.3, -0.25) is 14.6 Å². The van der Waals surface area contributed by atoms with E-state index in [-0.39, 0.29) is 48.3 Å². The fourth-order valence-corrected chi connectivity index (χ4v) is 5.46. The summed E-state index contributed by atoms with van der Waals surface area (Å²) in [4.78, 5) is 19.9. The van der Waals surface area contributed by atoms with Crippen LogP contribution in [0.3, 0.4) is 0 Å². The van der Waals surface area contributed by atoms with Crippen LogP contribution in [0.2, 0.25) is 0 Å². The van der Waals surface area contributed by atoms with Crippen molar-refractivity contribution in [2.45, 2.75) is 31.7 Å². The van der Waals surface area contributed by atoms with Gasteiger partial charge in [-0.25, -0.2) is 4.39 Å². The smallest absolute Gasteiger partial charge is 0.416 e. The maximum atomic E-state index is 14.1. The summed E-state index contributed by atoms with van der Waals surface area (Å²) < 4.78 is 70.6. The monoisotopic (exact) mass is 639 g/mol. The minimum Gasteiger partial charge on any atom is -0.494 e. The lowest BCUT2D eigenvalue weighted by molar-refractivity contribution is -0.137. The first-order chi connectivity index (χ1) is 19.1. The fraction of sp³-hybridized carbons (Fsp3) is 0.552. The Labute approximate surface area is 256 Å². The molecule has 1 amide bonds. The van der Waals surface area contributed by atoms with Gasteiger partial charge < -0.3 is 19.1 Å². The molecule has 42 heavy (non-hydrogen) atoms. The Morgan fingerprint density at radius 1 is 1.00 bits per heavy atom. The summed E-state index contributed by atoms with van der Waals surface area (Å²) in [5.41, 5.74) is 0.319. The minimum absolute atomic E-state index is 0. The largest absolute Gasteiger partial charge is 0.494 e. The molecular formula is C29H39Cl2F4N3O4. The minimum atomic E-state index is -4.55. The molecule has 0 saturated carbocycles. The van der Waals surface area contributed by atoms with E-state index in [0.717, 1.165) is 43.9 Å². The molecule has 4 rings (SSSR count). The van der Waals surface area contributed by atoms with Gasteiger partial charge >= 0.3 is 6.18 Å². The molecule has 0 aromatic heterocycles. The first kappa shape index (κ1) is 36.0. The summed E-state index contributed by atoms with van der Waals surface area (Å²) in [6.45, 7) is 7.42.